The highest BCUT2D eigenvalue weighted by molar-refractivity contribution is 7.14. The van der Waals surface area contributed by atoms with E-state index in [1.165, 1.54) is 25.2 Å². The largest absolute Gasteiger partial charge is 0.352 e. The van der Waals surface area contributed by atoms with Crippen molar-refractivity contribution in [1.29, 1.82) is 0 Å². The number of thiazole rings is 1. The number of nitrogens with zero attached hydrogens (tertiary/aromatic N) is 1. The van der Waals surface area contributed by atoms with E-state index in [0.29, 0.717) is 17.4 Å². The maximum atomic E-state index is 12.3. The number of rotatable bonds is 7. The van der Waals surface area contributed by atoms with Crippen molar-refractivity contribution in [1.82, 2.24) is 10.3 Å². The third-order valence-electron chi connectivity index (χ3n) is 4.18. The van der Waals surface area contributed by atoms with Gasteiger partial charge in [0.15, 0.2) is 5.13 Å². The van der Waals surface area contributed by atoms with Gasteiger partial charge in [-0.25, -0.2) is 4.98 Å². The molecule has 0 saturated carbocycles. The molecule has 0 bridgehead atoms. The summed E-state index contributed by atoms with van der Waals surface area (Å²) in [6.45, 7) is 3.42. The van der Waals surface area contributed by atoms with Crippen LogP contribution in [0.25, 0.3) is 11.3 Å². The SMILES string of the molecule is CC(=O)NCc1ccc(-c2csc(NC(=O)Cc3ccc(NC(C)=O)cc3)n2)cc1. The van der Waals surface area contributed by atoms with Crippen molar-refractivity contribution >= 4 is 39.9 Å². The molecule has 3 amide bonds. The molecule has 30 heavy (non-hydrogen) atoms. The molecule has 0 saturated heterocycles. The van der Waals surface area contributed by atoms with Gasteiger partial charge in [-0.1, -0.05) is 36.4 Å². The summed E-state index contributed by atoms with van der Waals surface area (Å²) in [6.07, 6.45) is 0.215. The summed E-state index contributed by atoms with van der Waals surface area (Å²) in [4.78, 5) is 38.8. The topological polar surface area (TPSA) is 100 Å². The Bertz CT molecular complexity index is 1040. The van der Waals surface area contributed by atoms with Crippen LogP contribution in [-0.4, -0.2) is 22.7 Å². The second-order valence-electron chi connectivity index (χ2n) is 6.75. The van der Waals surface area contributed by atoms with E-state index in [0.717, 1.165) is 22.4 Å². The Morgan fingerprint density at radius 3 is 2.17 bits per heavy atom. The normalized spacial score (nSPS) is 10.3. The Hall–Kier alpha value is -3.52. The van der Waals surface area contributed by atoms with E-state index < -0.39 is 0 Å². The van der Waals surface area contributed by atoms with Gasteiger partial charge in [0, 0.05) is 37.0 Å². The Labute approximate surface area is 178 Å². The van der Waals surface area contributed by atoms with Crippen LogP contribution in [0.15, 0.2) is 53.9 Å². The third kappa shape index (κ3) is 6.25. The molecule has 3 rings (SSSR count). The standard InChI is InChI=1S/C22H22N4O3S/c1-14(27)23-12-17-3-7-18(8-4-17)20-13-30-22(25-20)26-21(29)11-16-5-9-19(10-6-16)24-15(2)28/h3-10,13H,11-12H2,1-2H3,(H,23,27)(H,24,28)(H,25,26,29). The van der Waals surface area contributed by atoms with Crippen molar-refractivity contribution in [3.8, 4) is 11.3 Å². The molecule has 0 aliphatic rings. The average Bonchev–Trinajstić information content (AvgIpc) is 3.16. The zero-order chi connectivity index (χ0) is 21.5. The molecule has 0 fully saturated rings. The molecule has 0 radical (unpaired) electrons. The lowest BCUT2D eigenvalue weighted by molar-refractivity contribution is -0.119. The van der Waals surface area contributed by atoms with Gasteiger partial charge in [0.05, 0.1) is 12.1 Å². The average molecular weight is 423 g/mol. The first-order valence-electron chi connectivity index (χ1n) is 9.35. The first-order chi connectivity index (χ1) is 14.4. The lowest BCUT2D eigenvalue weighted by Gasteiger charge is -2.05. The van der Waals surface area contributed by atoms with E-state index >= 15 is 0 Å². The predicted octanol–water partition coefficient (Wildman–Crippen LogP) is 3.59. The monoisotopic (exact) mass is 422 g/mol. The zero-order valence-electron chi connectivity index (χ0n) is 16.7. The van der Waals surface area contributed by atoms with Crippen LogP contribution < -0.4 is 16.0 Å². The maximum Gasteiger partial charge on any atom is 0.230 e. The summed E-state index contributed by atoms with van der Waals surface area (Å²) in [5, 5.41) is 10.7. The summed E-state index contributed by atoms with van der Waals surface area (Å²) in [7, 11) is 0. The van der Waals surface area contributed by atoms with Gasteiger partial charge in [-0.15, -0.1) is 11.3 Å². The molecule has 3 aromatic rings. The van der Waals surface area contributed by atoms with E-state index in [4.69, 9.17) is 0 Å². The highest BCUT2D eigenvalue weighted by Crippen LogP contribution is 2.25. The summed E-state index contributed by atoms with van der Waals surface area (Å²) < 4.78 is 0. The summed E-state index contributed by atoms with van der Waals surface area (Å²) >= 11 is 1.36. The van der Waals surface area contributed by atoms with Crippen LogP contribution in [0.4, 0.5) is 10.8 Å². The van der Waals surface area contributed by atoms with Gasteiger partial charge in [-0.3, -0.25) is 14.4 Å². The number of hydrogen-bond acceptors (Lipinski definition) is 5. The van der Waals surface area contributed by atoms with Gasteiger partial charge in [0.25, 0.3) is 0 Å². The smallest absolute Gasteiger partial charge is 0.230 e. The summed E-state index contributed by atoms with van der Waals surface area (Å²) in [5.74, 6) is -0.362. The number of carbonyl (C=O) groups excluding carboxylic acids is 3. The molecule has 0 aliphatic carbocycles. The van der Waals surface area contributed by atoms with Crippen LogP contribution >= 0.6 is 11.3 Å². The summed E-state index contributed by atoms with van der Waals surface area (Å²) in [6, 6.07) is 14.9. The number of hydrogen-bond donors (Lipinski definition) is 3. The van der Waals surface area contributed by atoms with Crippen LogP contribution in [0.5, 0.6) is 0 Å². The fourth-order valence-electron chi connectivity index (χ4n) is 2.74. The molecule has 7 nitrogen and oxygen atoms in total. The van der Waals surface area contributed by atoms with Gasteiger partial charge in [0.1, 0.15) is 0 Å². The molecule has 0 unspecified atom stereocenters. The minimum absolute atomic E-state index is 0.0670. The van der Waals surface area contributed by atoms with Crippen molar-refractivity contribution in [2.45, 2.75) is 26.8 Å². The molecule has 154 valence electrons. The number of benzene rings is 2. The molecule has 0 atom stereocenters. The lowest BCUT2D eigenvalue weighted by atomic mass is 10.1. The van der Waals surface area contributed by atoms with Crippen molar-refractivity contribution in [2.24, 2.45) is 0 Å². The minimum Gasteiger partial charge on any atom is -0.352 e. The molecule has 1 heterocycles. The first-order valence-corrected chi connectivity index (χ1v) is 10.2. The van der Waals surface area contributed by atoms with Gasteiger partial charge in [0.2, 0.25) is 17.7 Å². The van der Waals surface area contributed by atoms with E-state index in [9.17, 15) is 14.4 Å². The van der Waals surface area contributed by atoms with Crippen molar-refractivity contribution in [3.63, 3.8) is 0 Å². The Morgan fingerprint density at radius 2 is 1.53 bits per heavy atom. The van der Waals surface area contributed by atoms with Gasteiger partial charge in [-0.2, -0.15) is 0 Å². The van der Waals surface area contributed by atoms with Gasteiger partial charge < -0.3 is 16.0 Å². The number of carbonyl (C=O) groups is 3. The van der Waals surface area contributed by atoms with E-state index in [1.807, 2.05) is 29.6 Å². The van der Waals surface area contributed by atoms with Crippen LogP contribution in [0, 0.1) is 0 Å². The number of amides is 3. The zero-order valence-corrected chi connectivity index (χ0v) is 17.5. The van der Waals surface area contributed by atoms with Crippen LogP contribution in [-0.2, 0) is 27.3 Å². The number of anilines is 2. The maximum absolute atomic E-state index is 12.3. The van der Waals surface area contributed by atoms with Crippen molar-refractivity contribution < 1.29 is 14.4 Å². The van der Waals surface area contributed by atoms with Crippen LogP contribution in [0.3, 0.4) is 0 Å². The molecule has 8 heteroatoms. The second-order valence-corrected chi connectivity index (χ2v) is 7.61. The quantitative estimate of drug-likeness (QED) is 0.542. The molecule has 2 aromatic carbocycles. The van der Waals surface area contributed by atoms with E-state index in [-0.39, 0.29) is 24.1 Å². The molecule has 1 aromatic heterocycles. The predicted molar refractivity (Wildman–Crippen MR) is 118 cm³/mol. The van der Waals surface area contributed by atoms with Gasteiger partial charge in [-0.05, 0) is 23.3 Å². The Kier molecular flexibility index (Phi) is 6.92. The third-order valence-corrected chi connectivity index (χ3v) is 4.94. The Morgan fingerprint density at radius 1 is 0.867 bits per heavy atom. The number of aromatic nitrogens is 1. The fourth-order valence-corrected chi connectivity index (χ4v) is 3.48. The first kappa shape index (κ1) is 21.2. The van der Waals surface area contributed by atoms with E-state index in [2.05, 4.69) is 20.9 Å². The highest BCUT2D eigenvalue weighted by atomic mass is 32.1. The molecule has 0 spiro atoms. The van der Waals surface area contributed by atoms with Crippen LogP contribution in [0.2, 0.25) is 0 Å². The summed E-state index contributed by atoms with van der Waals surface area (Å²) in [5.41, 5.74) is 4.25. The fraction of sp³-hybridized carbons (Fsp3) is 0.182. The van der Waals surface area contributed by atoms with E-state index in [1.54, 1.807) is 24.3 Å². The van der Waals surface area contributed by atoms with Crippen molar-refractivity contribution in [3.05, 3.63) is 65.0 Å². The Balaban J connectivity index is 1.56. The van der Waals surface area contributed by atoms with Crippen LogP contribution in [0.1, 0.15) is 25.0 Å². The minimum atomic E-state index is -0.158. The molecular formula is C22H22N4O3S. The second kappa shape index (κ2) is 9.80. The lowest BCUT2D eigenvalue weighted by Crippen LogP contribution is -2.18. The molecule has 3 N–H and O–H groups in total. The molecular weight excluding hydrogens is 400 g/mol. The highest BCUT2D eigenvalue weighted by Gasteiger charge is 2.09. The van der Waals surface area contributed by atoms with Gasteiger partial charge >= 0.3 is 0 Å². The number of nitrogens with one attached hydrogen (secondary N) is 3. The molecule has 0 aliphatic heterocycles. The van der Waals surface area contributed by atoms with Crippen molar-refractivity contribution in [2.75, 3.05) is 10.6 Å².